The van der Waals surface area contributed by atoms with E-state index in [-0.39, 0.29) is 25.2 Å². The molecule has 1 amide bonds. The number of hydrogen-bond donors (Lipinski definition) is 2. The first kappa shape index (κ1) is 29.1. The molecule has 2 aromatic carbocycles. The predicted molar refractivity (Wildman–Crippen MR) is 146 cm³/mol. The van der Waals surface area contributed by atoms with E-state index >= 15 is 0 Å². The van der Waals surface area contributed by atoms with E-state index < -0.39 is 6.10 Å². The van der Waals surface area contributed by atoms with E-state index in [1.165, 1.54) is 11.1 Å². The maximum absolute atomic E-state index is 12.8. The lowest BCUT2D eigenvalue weighted by atomic mass is 9.99. The van der Waals surface area contributed by atoms with E-state index in [1.54, 1.807) is 6.07 Å². The van der Waals surface area contributed by atoms with E-state index in [1.807, 2.05) is 26.0 Å². The monoisotopic (exact) mass is 512 g/mol. The SMILES string of the molecule is CC(C)CCN1CCOCCOc2ccc(C(=O)NCC(O)COC(C)C)cc2Cc2cccc(c2)C1. The number of carbonyl (C=O) groups excluding carboxylic acids is 1. The molecule has 1 unspecified atom stereocenters. The van der Waals surface area contributed by atoms with Crippen LogP contribution < -0.4 is 10.1 Å². The Morgan fingerprint density at radius 1 is 1.08 bits per heavy atom. The van der Waals surface area contributed by atoms with Gasteiger partial charge >= 0.3 is 0 Å². The second kappa shape index (κ2) is 15.1. The summed E-state index contributed by atoms with van der Waals surface area (Å²) in [6.07, 6.45) is 1.08. The van der Waals surface area contributed by atoms with Gasteiger partial charge in [0.25, 0.3) is 5.91 Å². The van der Waals surface area contributed by atoms with Gasteiger partial charge in [-0.2, -0.15) is 0 Å². The van der Waals surface area contributed by atoms with Gasteiger partial charge < -0.3 is 24.6 Å². The van der Waals surface area contributed by atoms with Crippen LogP contribution in [0.1, 0.15) is 61.2 Å². The summed E-state index contributed by atoms with van der Waals surface area (Å²) in [5.74, 6) is 1.18. The fourth-order valence-corrected chi connectivity index (χ4v) is 4.21. The van der Waals surface area contributed by atoms with E-state index in [2.05, 4.69) is 48.3 Å². The number of nitrogens with zero attached hydrogens (tertiary/aromatic N) is 1. The molecule has 1 aliphatic heterocycles. The summed E-state index contributed by atoms with van der Waals surface area (Å²) in [6.45, 7) is 13.1. The normalized spacial score (nSPS) is 16.1. The number of benzene rings is 2. The van der Waals surface area contributed by atoms with Crippen LogP contribution in [-0.2, 0) is 22.4 Å². The molecule has 2 bridgehead atoms. The first-order valence-corrected chi connectivity index (χ1v) is 13.5. The number of aliphatic hydroxyl groups excluding tert-OH is 1. The highest BCUT2D eigenvalue weighted by molar-refractivity contribution is 5.94. The molecule has 204 valence electrons. The molecule has 7 nitrogen and oxygen atoms in total. The van der Waals surface area contributed by atoms with Crippen LogP contribution in [0.3, 0.4) is 0 Å². The van der Waals surface area contributed by atoms with Crippen LogP contribution in [0.25, 0.3) is 0 Å². The largest absolute Gasteiger partial charge is 0.491 e. The zero-order chi connectivity index (χ0) is 26.6. The van der Waals surface area contributed by atoms with Gasteiger partial charge in [-0.3, -0.25) is 9.69 Å². The molecule has 37 heavy (non-hydrogen) atoms. The van der Waals surface area contributed by atoms with Gasteiger partial charge in [0.05, 0.1) is 32.0 Å². The summed E-state index contributed by atoms with van der Waals surface area (Å²) in [5, 5.41) is 12.9. The van der Waals surface area contributed by atoms with E-state index in [0.717, 1.165) is 37.4 Å². The molecular weight excluding hydrogens is 468 g/mol. The molecule has 2 N–H and O–H groups in total. The van der Waals surface area contributed by atoms with Crippen molar-refractivity contribution in [3.8, 4) is 5.75 Å². The lowest BCUT2D eigenvalue weighted by Gasteiger charge is -2.24. The molecule has 3 rings (SSSR count). The van der Waals surface area contributed by atoms with Gasteiger partial charge in [0.15, 0.2) is 0 Å². The molecule has 0 aliphatic carbocycles. The number of amides is 1. The van der Waals surface area contributed by atoms with Crippen molar-refractivity contribution >= 4 is 5.91 Å². The maximum atomic E-state index is 12.8. The van der Waals surface area contributed by atoms with Crippen molar-refractivity contribution in [2.45, 2.75) is 59.3 Å². The molecular formula is C30H44N2O5. The third kappa shape index (κ3) is 10.4. The number of ether oxygens (including phenoxy) is 3. The quantitative estimate of drug-likeness (QED) is 0.528. The zero-order valence-electron chi connectivity index (χ0n) is 22.9. The Hall–Kier alpha value is -2.45. The molecule has 0 radical (unpaired) electrons. The number of nitrogens with one attached hydrogen (secondary N) is 1. The van der Waals surface area contributed by atoms with Crippen molar-refractivity contribution in [1.29, 1.82) is 0 Å². The molecule has 0 spiro atoms. The van der Waals surface area contributed by atoms with Crippen molar-refractivity contribution in [3.63, 3.8) is 0 Å². The lowest BCUT2D eigenvalue weighted by Crippen LogP contribution is -2.35. The van der Waals surface area contributed by atoms with Crippen LogP contribution in [0.5, 0.6) is 5.75 Å². The Bertz CT molecular complexity index is 978. The Morgan fingerprint density at radius 2 is 1.89 bits per heavy atom. The molecule has 0 saturated carbocycles. The first-order valence-electron chi connectivity index (χ1n) is 13.5. The molecule has 1 aliphatic rings. The minimum atomic E-state index is -0.755. The Labute approximate surface area is 222 Å². The summed E-state index contributed by atoms with van der Waals surface area (Å²) in [5.41, 5.74) is 3.93. The van der Waals surface area contributed by atoms with Gasteiger partial charge in [-0.1, -0.05) is 38.1 Å². The molecule has 0 fully saturated rings. The van der Waals surface area contributed by atoms with Crippen molar-refractivity contribution in [1.82, 2.24) is 10.2 Å². The van der Waals surface area contributed by atoms with Crippen molar-refractivity contribution < 1.29 is 24.1 Å². The van der Waals surface area contributed by atoms with Crippen molar-refractivity contribution in [2.75, 3.05) is 46.1 Å². The van der Waals surface area contributed by atoms with Crippen LogP contribution in [0.15, 0.2) is 42.5 Å². The smallest absolute Gasteiger partial charge is 0.251 e. The van der Waals surface area contributed by atoms with Crippen LogP contribution >= 0.6 is 0 Å². The van der Waals surface area contributed by atoms with Gasteiger partial charge in [-0.25, -0.2) is 0 Å². The fourth-order valence-electron chi connectivity index (χ4n) is 4.21. The van der Waals surface area contributed by atoms with E-state index in [0.29, 0.717) is 37.7 Å². The van der Waals surface area contributed by atoms with Crippen LogP contribution in [0.2, 0.25) is 0 Å². The number of aliphatic hydroxyl groups is 1. The molecule has 0 saturated heterocycles. The summed E-state index contributed by atoms with van der Waals surface area (Å²) < 4.78 is 17.4. The van der Waals surface area contributed by atoms with Gasteiger partial charge in [-0.05, 0) is 67.6 Å². The Morgan fingerprint density at radius 3 is 2.68 bits per heavy atom. The summed E-state index contributed by atoms with van der Waals surface area (Å²) >= 11 is 0. The standard InChI is InChI=1S/C30H44N2O5/c1-22(2)10-11-32-12-13-35-14-15-36-29-9-8-26(30(34)31-19-28(33)21-37-23(3)4)18-27(29)17-24-6-5-7-25(16-24)20-32/h5-9,16,18,22-23,28,33H,10-15,17,19-21H2,1-4H3,(H,31,34). The number of hydrogen-bond acceptors (Lipinski definition) is 6. The van der Waals surface area contributed by atoms with Crippen LogP contribution in [0.4, 0.5) is 0 Å². The van der Waals surface area contributed by atoms with Gasteiger partial charge in [0.2, 0.25) is 0 Å². The highest BCUT2D eigenvalue weighted by atomic mass is 16.5. The maximum Gasteiger partial charge on any atom is 0.251 e. The molecule has 7 heteroatoms. The van der Waals surface area contributed by atoms with E-state index in [9.17, 15) is 9.90 Å². The van der Waals surface area contributed by atoms with Crippen LogP contribution in [-0.4, -0.2) is 74.2 Å². The van der Waals surface area contributed by atoms with Gasteiger partial charge in [-0.15, -0.1) is 0 Å². The molecule has 1 heterocycles. The predicted octanol–water partition coefficient (Wildman–Crippen LogP) is 4.05. The molecule has 2 aromatic rings. The average molecular weight is 513 g/mol. The van der Waals surface area contributed by atoms with Gasteiger partial charge in [0, 0.05) is 31.6 Å². The third-order valence-corrected chi connectivity index (χ3v) is 6.29. The summed E-state index contributed by atoms with van der Waals surface area (Å²) in [7, 11) is 0. The highest BCUT2D eigenvalue weighted by Gasteiger charge is 2.15. The first-order chi connectivity index (χ1) is 17.8. The van der Waals surface area contributed by atoms with Crippen molar-refractivity contribution in [3.05, 3.63) is 64.7 Å². The zero-order valence-corrected chi connectivity index (χ0v) is 22.9. The van der Waals surface area contributed by atoms with Crippen LogP contribution in [0, 0.1) is 5.92 Å². The Balaban J connectivity index is 1.74. The second-order valence-corrected chi connectivity index (χ2v) is 10.5. The third-order valence-electron chi connectivity index (χ3n) is 6.29. The van der Waals surface area contributed by atoms with Gasteiger partial charge in [0.1, 0.15) is 12.4 Å². The summed E-state index contributed by atoms with van der Waals surface area (Å²) in [6, 6.07) is 14.1. The highest BCUT2D eigenvalue weighted by Crippen LogP contribution is 2.25. The number of carbonyl (C=O) groups is 1. The second-order valence-electron chi connectivity index (χ2n) is 10.5. The minimum Gasteiger partial charge on any atom is -0.491 e. The minimum absolute atomic E-state index is 0.0291. The number of rotatable bonds is 9. The van der Waals surface area contributed by atoms with Crippen molar-refractivity contribution in [2.24, 2.45) is 5.92 Å². The molecule has 0 aromatic heterocycles. The van der Waals surface area contributed by atoms with E-state index in [4.69, 9.17) is 14.2 Å². The Kier molecular flexibility index (Phi) is 11.9. The average Bonchev–Trinajstić information content (AvgIpc) is 2.86. The fraction of sp³-hybridized carbons (Fsp3) is 0.567. The number of fused-ring (bicyclic) bond motifs is 3. The topological polar surface area (TPSA) is 80.3 Å². The summed E-state index contributed by atoms with van der Waals surface area (Å²) in [4.78, 5) is 15.3. The lowest BCUT2D eigenvalue weighted by molar-refractivity contribution is 0.00664. The molecule has 1 atom stereocenters.